The van der Waals surface area contributed by atoms with Crippen LogP contribution in [0.1, 0.15) is 71.1 Å². The first-order valence-corrected chi connectivity index (χ1v) is 9.13. The van der Waals surface area contributed by atoms with E-state index < -0.39 is 5.97 Å². The summed E-state index contributed by atoms with van der Waals surface area (Å²) in [6.45, 7) is 4.88. The fourth-order valence-corrected chi connectivity index (χ4v) is 2.62. The van der Waals surface area contributed by atoms with Gasteiger partial charge in [-0.05, 0) is 27.1 Å². The number of aliphatic carboxylic acids is 1. The Bertz CT molecular complexity index is 263. The Labute approximate surface area is 166 Å². The summed E-state index contributed by atoms with van der Waals surface area (Å²) in [4.78, 5) is 14.9. The van der Waals surface area contributed by atoms with Gasteiger partial charge in [-0.25, -0.2) is 0 Å². The fourth-order valence-electron chi connectivity index (χ4n) is 2.62. The molecule has 0 rings (SSSR count). The molecule has 0 bridgehead atoms. The maximum Gasteiger partial charge on any atom is 1.00 e. The first kappa shape index (κ1) is 25.6. The number of likely N-dealkylation sites (N-methyl/N-ethyl adjacent to an activating group) is 1. The molecule has 0 radical (unpaired) electrons. The standard InChI is InChI=1S/C18H38N2O2.Na/c1-4-5-6-7-8-9-10-11-12-13-14-20(17-18(21)22)16-15-19(2)3;/h4-17H2,1-3H3,(H,21,22);/q;+1/p-1. The average molecular weight is 336 g/mol. The zero-order valence-corrected chi connectivity index (χ0v) is 18.1. The van der Waals surface area contributed by atoms with Gasteiger partial charge in [0.25, 0.3) is 0 Å². The Morgan fingerprint density at radius 3 is 1.70 bits per heavy atom. The Hall–Kier alpha value is 0.390. The van der Waals surface area contributed by atoms with E-state index in [4.69, 9.17) is 0 Å². The molecule has 0 aliphatic heterocycles. The summed E-state index contributed by atoms with van der Waals surface area (Å²) in [7, 11) is 4.02. The maximum absolute atomic E-state index is 10.8. The van der Waals surface area contributed by atoms with Crippen molar-refractivity contribution in [3.05, 3.63) is 0 Å². The van der Waals surface area contributed by atoms with Crippen molar-refractivity contribution in [2.75, 3.05) is 40.3 Å². The molecular weight excluding hydrogens is 299 g/mol. The van der Waals surface area contributed by atoms with Gasteiger partial charge in [0.1, 0.15) is 0 Å². The Kier molecular flexibility index (Phi) is 20.9. The monoisotopic (exact) mass is 336 g/mol. The first-order chi connectivity index (χ1) is 10.6. The van der Waals surface area contributed by atoms with E-state index in [9.17, 15) is 9.90 Å². The van der Waals surface area contributed by atoms with Gasteiger partial charge < -0.3 is 14.8 Å². The first-order valence-electron chi connectivity index (χ1n) is 9.13. The van der Waals surface area contributed by atoms with Gasteiger partial charge in [-0.1, -0.05) is 64.7 Å². The summed E-state index contributed by atoms with van der Waals surface area (Å²) in [6, 6.07) is 0. The minimum Gasteiger partial charge on any atom is -0.549 e. The van der Waals surface area contributed by atoms with Crippen molar-refractivity contribution >= 4 is 5.97 Å². The van der Waals surface area contributed by atoms with E-state index in [1.807, 2.05) is 19.0 Å². The Morgan fingerprint density at radius 1 is 0.783 bits per heavy atom. The minimum absolute atomic E-state index is 0. The van der Waals surface area contributed by atoms with Gasteiger partial charge in [0, 0.05) is 19.6 Å². The summed E-state index contributed by atoms with van der Waals surface area (Å²) in [5.41, 5.74) is 0. The molecule has 0 spiro atoms. The van der Waals surface area contributed by atoms with E-state index in [0.717, 1.165) is 26.1 Å². The van der Waals surface area contributed by atoms with Crippen LogP contribution < -0.4 is 34.7 Å². The SMILES string of the molecule is CCCCCCCCCCCCN(CCN(C)C)CC(=O)[O-].[Na+]. The van der Waals surface area contributed by atoms with Gasteiger partial charge in [0.2, 0.25) is 0 Å². The smallest absolute Gasteiger partial charge is 0.549 e. The molecule has 0 aliphatic carbocycles. The second-order valence-corrected chi connectivity index (χ2v) is 6.63. The quantitative estimate of drug-likeness (QED) is 0.282. The van der Waals surface area contributed by atoms with E-state index in [1.54, 1.807) is 0 Å². The molecule has 0 N–H and O–H groups in total. The van der Waals surface area contributed by atoms with Crippen LogP contribution in [0.2, 0.25) is 0 Å². The van der Waals surface area contributed by atoms with Crippen molar-refractivity contribution in [1.29, 1.82) is 0 Å². The van der Waals surface area contributed by atoms with Crippen LogP contribution in [0.25, 0.3) is 0 Å². The molecule has 0 aromatic heterocycles. The summed E-state index contributed by atoms with van der Waals surface area (Å²) in [6.07, 6.45) is 13.1. The van der Waals surface area contributed by atoms with Crippen molar-refractivity contribution in [1.82, 2.24) is 9.80 Å². The molecule has 0 aromatic carbocycles. The van der Waals surface area contributed by atoms with Crippen molar-refractivity contribution < 1.29 is 39.5 Å². The van der Waals surface area contributed by atoms with Crippen LogP contribution >= 0.6 is 0 Å². The van der Waals surface area contributed by atoms with Crippen LogP contribution in [0.3, 0.4) is 0 Å². The normalized spacial score (nSPS) is 11.0. The molecular formula is C18H37N2NaO2. The van der Waals surface area contributed by atoms with Gasteiger partial charge >= 0.3 is 29.6 Å². The van der Waals surface area contributed by atoms with E-state index in [-0.39, 0.29) is 36.1 Å². The number of nitrogens with zero attached hydrogens (tertiary/aromatic N) is 2. The van der Waals surface area contributed by atoms with Gasteiger partial charge in [-0.3, -0.25) is 4.90 Å². The zero-order valence-electron chi connectivity index (χ0n) is 16.1. The topological polar surface area (TPSA) is 46.6 Å². The number of carbonyl (C=O) groups is 1. The van der Waals surface area contributed by atoms with Crippen molar-refractivity contribution in [3.8, 4) is 0 Å². The Morgan fingerprint density at radius 2 is 1.26 bits per heavy atom. The summed E-state index contributed by atoms with van der Waals surface area (Å²) < 4.78 is 0. The van der Waals surface area contributed by atoms with Crippen molar-refractivity contribution in [2.24, 2.45) is 0 Å². The van der Waals surface area contributed by atoms with Crippen molar-refractivity contribution in [3.63, 3.8) is 0 Å². The molecule has 132 valence electrons. The molecule has 0 amide bonds. The second-order valence-electron chi connectivity index (χ2n) is 6.63. The number of hydrogen-bond donors (Lipinski definition) is 0. The van der Waals surface area contributed by atoms with Crippen LogP contribution in [0.5, 0.6) is 0 Å². The molecule has 0 aromatic rings. The van der Waals surface area contributed by atoms with Crippen LogP contribution in [0.4, 0.5) is 0 Å². The third-order valence-electron chi connectivity index (χ3n) is 4.04. The Balaban J connectivity index is 0. The van der Waals surface area contributed by atoms with Gasteiger partial charge in [0.05, 0.1) is 5.97 Å². The fraction of sp³-hybridized carbons (Fsp3) is 0.944. The molecule has 0 atom stereocenters. The van der Waals surface area contributed by atoms with Crippen LogP contribution in [-0.2, 0) is 4.79 Å². The summed E-state index contributed by atoms with van der Waals surface area (Å²) in [5, 5.41) is 10.8. The minimum atomic E-state index is -0.967. The van der Waals surface area contributed by atoms with Gasteiger partial charge in [0.15, 0.2) is 0 Å². The van der Waals surface area contributed by atoms with Crippen LogP contribution in [0.15, 0.2) is 0 Å². The van der Waals surface area contributed by atoms with Crippen LogP contribution in [-0.4, -0.2) is 56.0 Å². The number of hydrogen-bond acceptors (Lipinski definition) is 4. The molecule has 0 saturated carbocycles. The molecule has 0 aliphatic rings. The molecule has 4 nitrogen and oxygen atoms in total. The second kappa shape index (κ2) is 18.7. The number of rotatable bonds is 16. The maximum atomic E-state index is 10.8. The molecule has 0 heterocycles. The molecule has 0 unspecified atom stereocenters. The predicted molar refractivity (Wildman–Crippen MR) is 91.8 cm³/mol. The number of carboxylic acids is 1. The molecule has 23 heavy (non-hydrogen) atoms. The van der Waals surface area contributed by atoms with E-state index in [2.05, 4.69) is 11.8 Å². The third kappa shape index (κ3) is 20.3. The molecule has 0 fully saturated rings. The van der Waals surface area contributed by atoms with Crippen LogP contribution in [0, 0.1) is 0 Å². The third-order valence-corrected chi connectivity index (χ3v) is 4.04. The van der Waals surface area contributed by atoms with Crippen molar-refractivity contribution in [2.45, 2.75) is 71.1 Å². The van der Waals surface area contributed by atoms with E-state index in [0.29, 0.717) is 0 Å². The van der Waals surface area contributed by atoms with E-state index in [1.165, 1.54) is 57.8 Å². The van der Waals surface area contributed by atoms with Gasteiger partial charge in [-0.15, -0.1) is 0 Å². The summed E-state index contributed by atoms with van der Waals surface area (Å²) in [5.74, 6) is -0.967. The number of carboxylic acid groups (broad SMARTS) is 1. The number of unbranched alkanes of at least 4 members (excludes halogenated alkanes) is 9. The van der Waals surface area contributed by atoms with Gasteiger partial charge in [-0.2, -0.15) is 0 Å². The predicted octanol–water partition coefficient (Wildman–Crippen LogP) is -0.475. The average Bonchev–Trinajstić information content (AvgIpc) is 2.45. The summed E-state index contributed by atoms with van der Waals surface area (Å²) >= 11 is 0. The number of carbonyl (C=O) groups excluding carboxylic acids is 1. The largest absolute Gasteiger partial charge is 1.00 e. The van der Waals surface area contributed by atoms with E-state index >= 15 is 0 Å². The molecule has 0 saturated heterocycles. The zero-order chi connectivity index (χ0) is 16.6. The molecule has 5 heteroatoms.